The van der Waals surface area contributed by atoms with E-state index in [1.165, 1.54) is 12.8 Å². The van der Waals surface area contributed by atoms with Crippen molar-refractivity contribution in [1.29, 1.82) is 0 Å². The predicted molar refractivity (Wildman–Crippen MR) is 59.4 cm³/mol. The van der Waals surface area contributed by atoms with Gasteiger partial charge in [-0.2, -0.15) is 0 Å². The molecule has 2 unspecified atom stereocenters. The lowest BCUT2D eigenvalue weighted by Gasteiger charge is -2.17. The molecular formula is C11H22N2O2. The number of nitrogens with one attached hydrogen (secondary N) is 1. The first-order valence-corrected chi connectivity index (χ1v) is 5.65. The van der Waals surface area contributed by atoms with Gasteiger partial charge in [0.05, 0.1) is 0 Å². The molecule has 0 aromatic carbocycles. The second kappa shape index (κ2) is 6.08. The Morgan fingerprint density at radius 1 is 1.60 bits per heavy atom. The van der Waals surface area contributed by atoms with Gasteiger partial charge in [-0.1, -0.05) is 6.92 Å². The molecule has 88 valence electrons. The Labute approximate surface area is 91.5 Å². The van der Waals surface area contributed by atoms with Crippen molar-refractivity contribution in [3.05, 3.63) is 0 Å². The van der Waals surface area contributed by atoms with Gasteiger partial charge >= 0.3 is 0 Å². The molecule has 0 saturated heterocycles. The Hall–Kier alpha value is -0.610. The second-order valence-electron chi connectivity index (χ2n) is 4.51. The molecule has 1 aliphatic carbocycles. The molecule has 15 heavy (non-hydrogen) atoms. The van der Waals surface area contributed by atoms with Gasteiger partial charge in [0.2, 0.25) is 5.91 Å². The summed E-state index contributed by atoms with van der Waals surface area (Å²) in [6, 6.07) is 0.187. The van der Waals surface area contributed by atoms with Crippen LogP contribution in [0.1, 0.15) is 26.2 Å². The van der Waals surface area contributed by atoms with Crippen LogP contribution in [0.5, 0.6) is 0 Å². The SMILES string of the molecule is COCC(C)CC(=O)NC(CN)C1CC1. The second-order valence-corrected chi connectivity index (χ2v) is 4.51. The molecule has 0 aromatic rings. The van der Waals surface area contributed by atoms with Crippen LogP contribution in [0.2, 0.25) is 0 Å². The summed E-state index contributed by atoms with van der Waals surface area (Å²) >= 11 is 0. The number of hydrogen-bond acceptors (Lipinski definition) is 3. The number of carbonyl (C=O) groups is 1. The maximum atomic E-state index is 11.6. The Kier molecular flexibility index (Phi) is 5.05. The number of carbonyl (C=O) groups excluding carboxylic acids is 1. The molecular weight excluding hydrogens is 192 g/mol. The molecule has 1 rings (SSSR count). The van der Waals surface area contributed by atoms with Gasteiger partial charge in [-0.25, -0.2) is 0 Å². The Bertz CT molecular complexity index is 205. The summed E-state index contributed by atoms with van der Waals surface area (Å²) in [4.78, 5) is 11.6. The summed E-state index contributed by atoms with van der Waals surface area (Å²) < 4.78 is 4.99. The van der Waals surface area contributed by atoms with E-state index in [4.69, 9.17) is 10.5 Å². The first kappa shape index (κ1) is 12.5. The van der Waals surface area contributed by atoms with Crippen molar-refractivity contribution in [1.82, 2.24) is 5.32 Å². The molecule has 0 aromatic heterocycles. The minimum atomic E-state index is 0.0990. The van der Waals surface area contributed by atoms with Crippen LogP contribution >= 0.6 is 0 Å². The van der Waals surface area contributed by atoms with Crippen molar-refractivity contribution in [2.45, 2.75) is 32.2 Å². The highest BCUT2D eigenvalue weighted by molar-refractivity contribution is 5.76. The average Bonchev–Trinajstić information content (AvgIpc) is 2.97. The van der Waals surface area contributed by atoms with Crippen LogP contribution in [-0.2, 0) is 9.53 Å². The number of hydrogen-bond donors (Lipinski definition) is 2. The quantitative estimate of drug-likeness (QED) is 0.649. The summed E-state index contributed by atoms with van der Waals surface area (Å²) in [5, 5.41) is 3.00. The Morgan fingerprint density at radius 3 is 2.73 bits per heavy atom. The van der Waals surface area contributed by atoms with E-state index in [0.717, 1.165) is 0 Å². The summed E-state index contributed by atoms with van der Waals surface area (Å²) in [6.07, 6.45) is 2.93. The third kappa shape index (κ3) is 4.62. The average molecular weight is 214 g/mol. The predicted octanol–water partition coefficient (Wildman–Crippen LogP) is 0.513. The zero-order valence-corrected chi connectivity index (χ0v) is 9.66. The molecule has 2 atom stereocenters. The van der Waals surface area contributed by atoms with Crippen LogP contribution in [0.15, 0.2) is 0 Å². The number of amides is 1. The first-order chi connectivity index (χ1) is 7.17. The van der Waals surface area contributed by atoms with Crippen molar-refractivity contribution in [3.63, 3.8) is 0 Å². The number of ether oxygens (including phenoxy) is 1. The minimum absolute atomic E-state index is 0.0990. The zero-order valence-electron chi connectivity index (χ0n) is 9.66. The number of nitrogens with two attached hydrogens (primary N) is 1. The van der Waals surface area contributed by atoms with Crippen LogP contribution in [0, 0.1) is 11.8 Å². The highest BCUT2D eigenvalue weighted by atomic mass is 16.5. The largest absolute Gasteiger partial charge is 0.384 e. The molecule has 1 saturated carbocycles. The third-order valence-corrected chi connectivity index (χ3v) is 2.78. The molecule has 1 aliphatic rings. The fourth-order valence-corrected chi connectivity index (χ4v) is 1.79. The normalized spacial score (nSPS) is 19.7. The molecule has 0 radical (unpaired) electrons. The summed E-state index contributed by atoms with van der Waals surface area (Å²) in [7, 11) is 1.65. The van der Waals surface area contributed by atoms with Gasteiger partial charge in [-0.15, -0.1) is 0 Å². The fraction of sp³-hybridized carbons (Fsp3) is 0.909. The van der Waals surface area contributed by atoms with Crippen molar-refractivity contribution in [3.8, 4) is 0 Å². The lowest BCUT2D eigenvalue weighted by atomic mass is 10.1. The third-order valence-electron chi connectivity index (χ3n) is 2.78. The maximum Gasteiger partial charge on any atom is 0.220 e. The number of methoxy groups -OCH3 is 1. The molecule has 0 spiro atoms. The molecule has 0 aliphatic heterocycles. The van der Waals surface area contributed by atoms with Gasteiger partial charge in [-0.3, -0.25) is 4.79 Å². The van der Waals surface area contributed by atoms with Crippen molar-refractivity contribution < 1.29 is 9.53 Å². The minimum Gasteiger partial charge on any atom is -0.384 e. The Balaban J connectivity index is 2.21. The molecule has 4 heteroatoms. The van der Waals surface area contributed by atoms with Gasteiger partial charge in [0.1, 0.15) is 0 Å². The van der Waals surface area contributed by atoms with Gasteiger partial charge in [0.25, 0.3) is 0 Å². The van der Waals surface area contributed by atoms with Crippen molar-refractivity contribution in [2.24, 2.45) is 17.6 Å². The monoisotopic (exact) mass is 214 g/mol. The maximum absolute atomic E-state index is 11.6. The van der Waals surface area contributed by atoms with E-state index in [0.29, 0.717) is 25.5 Å². The standard InChI is InChI=1S/C11H22N2O2/c1-8(7-15-2)5-11(14)13-10(6-12)9-3-4-9/h8-10H,3-7,12H2,1-2H3,(H,13,14). The molecule has 1 fully saturated rings. The van der Waals surface area contributed by atoms with Crippen LogP contribution < -0.4 is 11.1 Å². The van der Waals surface area contributed by atoms with E-state index in [9.17, 15) is 4.79 Å². The van der Waals surface area contributed by atoms with E-state index in [1.54, 1.807) is 7.11 Å². The van der Waals surface area contributed by atoms with Crippen LogP contribution in [0.3, 0.4) is 0 Å². The van der Waals surface area contributed by atoms with Gasteiger partial charge in [0.15, 0.2) is 0 Å². The van der Waals surface area contributed by atoms with Crippen LogP contribution in [-0.4, -0.2) is 32.2 Å². The molecule has 3 N–H and O–H groups in total. The van der Waals surface area contributed by atoms with E-state index >= 15 is 0 Å². The summed E-state index contributed by atoms with van der Waals surface area (Å²) in [5.74, 6) is 0.992. The van der Waals surface area contributed by atoms with E-state index in [-0.39, 0.29) is 17.9 Å². The molecule has 0 heterocycles. The first-order valence-electron chi connectivity index (χ1n) is 5.65. The van der Waals surface area contributed by atoms with E-state index in [2.05, 4.69) is 5.32 Å². The van der Waals surface area contributed by atoms with Crippen molar-refractivity contribution in [2.75, 3.05) is 20.3 Å². The zero-order chi connectivity index (χ0) is 11.3. The summed E-state index contributed by atoms with van der Waals surface area (Å²) in [6.45, 7) is 3.19. The van der Waals surface area contributed by atoms with E-state index in [1.807, 2.05) is 6.92 Å². The number of rotatable bonds is 7. The molecule has 0 bridgehead atoms. The lowest BCUT2D eigenvalue weighted by molar-refractivity contribution is -0.123. The van der Waals surface area contributed by atoms with Crippen molar-refractivity contribution >= 4 is 5.91 Å². The highest BCUT2D eigenvalue weighted by Crippen LogP contribution is 2.32. The molecule has 1 amide bonds. The Morgan fingerprint density at radius 2 is 2.27 bits per heavy atom. The lowest BCUT2D eigenvalue weighted by Crippen LogP contribution is -2.42. The topological polar surface area (TPSA) is 64.3 Å². The fourth-order valence-electron chi connectivity index (χ4n) is 1.79. The van der Waals surface area contributed by atoms with Gasteiger partial charge in [-0.05, 0) is 24.7 Å². The van der Waals surface area contributed by atoms with Crippen LogP contribution in [0.4, 0.5) is 0 Å². The molecule has 4 nitrogen and oxygen atoms in total. The van der Waals surface area contributed by atoms with Gasteiger partial charge in [0, 0.05) is 32.7 Å². The summed E-state index contributed by atoms with van der Waals surface area (Å²) in [5.41, 5.74) is 5.61. The van der Waals surface area contributed by atoms with Gasteiger partial charge < -0.3 is 15.8 Å². The van der Waals surface area contributed by atoms with Crippen LogP contribution in [0.25, 0.3) is 0 Å². The highest BCUT2D eigenvalue weighted by Gasteiger charge is 2.31. The smallest absolute Gasteiger partial charge is 0.220 e. The van der Waals surface area contributed by atoms with E-state index < -0.39 is 0 Å².